The number of nitrogens with zero attached hydrogens (tertiary/aromatic N) is 1. The fourth-order valence-electron chi connectivity index (χ4n) is 3.19. The Labute approximate surface area is 284 Å². The van der Waals surface area contributed by atoms with Crippen LogP contribution < -0.4 is 9.46 Å². The van der Waals surface area contributed by atoms with E-state index in [1.807, 2.05) is 121 Å². The smallest absolute Gasteiger partial charge is 0.234 e. The van der Waals surface area contributed by atoms with Crippen molar-refractivity contribution in [2.75, 3.05) is 13.7 Å². The summed E-state index contributed by atoms with van der Waals surface area (Å²) in [5.41, 5.74) is 1.10. The van der Waals surface area contributed by atoms with Gasteiger partial charge in [0.2, 0.25) is 5.91 Å². The average Bonchev–Trinajstić information content (AvgIpc) is 3.08. The fourth-order valence-corrected chi connectivity index (χ4v) is 3.80. The molecular formula is C39H58N2O4S. The standard InChI is InChI=1S/C19H27NO2.C11H13NO2S.C7H12.C2H6/c1-5-8-16(3)20-12-13-21-19-11-7-10-18(14-19)15-22-17(4)9-6-2;1-14-9-5-8-11(13)12-15-10-6-3-2-4-7-10;1-3-5-7-6-4-2;1-2/h5,7-12,14,16H,6,13,15H2,1-4H3;2-7,9H,8H2,1H3,(H,12,13);3-6H,7H2,1-2H3;1-2H3/b8-5-,17-9+,20-12?;9-5+;5-3-,6-4-;. The van der Waals surface area contributed by atoms with Crippen molar-refractivity contribution < 1.29 is 19.0 Å². The number of aliphatic imine (C=N–C) groups is 1. The number of methoxy groups -OCH3 is 1. The van der Waals surface area contributed by atoms with E-state index < -0.39 is 0 Å². The lowest BCUT2D eigenvalue weighted by Crippen LogP contribution is -2.13. The molecule has 0 aromatic heterocycles. The molecule has 6 nitrogen and oxygen atoms in total. The van der Waals surface area contributed by atoms with Gasteiger partial charge in [-0.3, -0.25) is 14.5 Å². The first-order valence-corrected chi connectivity index (χ1v) is 16.8. The van der Waals surface area contributed by atoms with Gasteiger partial charge in [0.1, 0.15) is 19.0 Å². The van der Waals surface area contributed by atoms with E-state index in [0.29, 0.717) is 19.6 Å². The van der Waals surface area contributed by atoms with Crippen molar-refractivity contribution in [1.29, 1.82) is 0 Å². The van der Waals surface area contributed by atoms with E-state index in [0.717, 1.165) is 34.8 Å². The summed E-state index contributed by atoms with van der Waals surface area (Å²) in [6.45, 7) is 17.2. The van der Waals surface area contributed by atoms with E-state index >= 15 is 0 Å². The van der Waals surface area contributed by atoms with Gasteiger partial charge in [-0.1, -0.05) is 87.6 Å². The van der Waals surface area contributed by atoms with Crippen molar-refractivity contribution in [3.63, 3.8) is 0 Å². The zero-order chi connectivity index (χ0) is 34.7. The molecule has 1 N–H and O–H groups in total. The summed E-state index contributed by atoms with van der Waals surface area (Å²) in [7, 11) is 1.55. The van der Waals surface area contributed by atoms with Gasteiger partial charge in [0.25, 0.3) is 0 Å². The Morgan fingerprint density at radius 3 is 2.28 bits per heavy atom. The second kappa shape index (κ2) is 33.9. The molecule has 1 atom stereocenters. The van der Waals surface area contributed by atoms with Crippen LogP contribution in [0.2, 0.25) is 0 Å². The number of carbonyl (C=O) groups excluding carboxylic acids is 1. The molecule has 0 aliphatic heterocycles. The molecule has 0 saturated carbocycles. The molecule has 0 radical (unpaired) electrons. The summed E-state index contributed by atoms with van der Waals surface area (Å²) in [6, 6.07) is 17.8. The van der Waals surface area contributed by atoms with E-state index in [1.165, 1.54) is 18.2 Å². The molecule has 0 fully saturated rings. The lowest BCUT2D eigenvalue weighted by molar-refractivity contribution is -0.118. The van der Waals surface area contributed by atoms with Gasteiger partial charge in [0, 0.05) is 17.5 Å². The minimum Gasteiger partial charge on any atom is -0.505 e. The first-order chi connectivity index (χ1) is 22.4. The fraction of sp³-hybridized carbons (Fsp3) is 0.385. The molecule has 46 heavy (non-hydrogen) atoms. The van der Waals surface area contributed by atoms with Crippen LogP contribution in [0.4, 0.5) is 0 Å². The molecule has 2 aromatic rings. The van der Waals surface area contributed by atoms with Crippen LogP contribution in [0.15, 0.2) is 125 Å². The number of amides is 1. The normalized spacial score (nSPS) is 11.8. The number of rotatable bonds is 16. The first kappa shape index (κ1) is 44.2. The third-order valence-electron chi connectivity index (χ3n) is 5.30. The van der Waals surface area contributed by atoms with Crippen molar-refractivity contribution in [3.8, 4) is 5.75 Å². The van der Waals surface area contributed by atoms with E-state index in [9.17, 15) is 4.79 Å². The first-order valence-electron chi connectivity index (χ1n) is 16.0. The molecule has 254 valence electrons. The molecule has 0 aliphatic rings. The van der Waals surface area contributed by atoms with Crippen molar-refractivity contribution in [2.24, 2.45) is 4.99 Å². The molecular weight excluding hydrogens is 593 g/mol. The lowest BCUT2D eigenvalue weighted by atomic mass is 10.2. The quantitative estimate of drug-likeness (QED) is 0.0847. The van der Waals surface area contributed by atoms with Gasteiger partial charge >= 0.3 is 0 Å². The molecule has 0 heterocycles. The zero-order valence-electron chi connectivity index (χ0n) is 29.6. The summed E-state index contributed by atoms with van der Waals surface area (Å²) >= 11 is 1.31. The Bertz CT molecular complexity index is 1160. The van der Waals surface area contributed by atoms with Gasteiger partial charge in [0.15, 0.2) is 0 Å². The number of benzene rings is 2. The van der Waals surface area contributed by atoms with Crippen LogP contribution in [0.3, 0.4) is 0 Å². The Hall–Kier alpha value is -3.97. The van der Waals surface area contributed by atoms with E-state index in [2.05, 4.69) is 51.8 Å². The number of allylic oxidation sites excluding steroid dienone is 7. The molecule has 0 spiro atoms. The van der Waals surface area contributed by atoms with Crippen LogP contribution in [0, 0.1) is 0 Å². The van der Waals surface area contributed by atoms with E-state index in [4.69, 9.17) is 9.47 Å². The van der Waals surface area contributed by atoms with Crippen LogP contribution in [0.1, 0.15) is 80.2 Å². The summed E-state index contributed by atoms with van der Waals surface area (Å²) in [4.78, 5) is 16.6. The topological polar surface area (TPSA) is 69.1 Å². The Balaban J connectivity index is 0. The molecule has 0 saturated heterocycles. The maximum absolute atomic E-state index is 11.3. The monoisotopic (exact) mass is 650 g/mol. The van der Waals surface area contributed by atoms with Gasteiger partial charge in [-0.25, -0.2) is 0 Å². The van der Waals surface area contributed by atoms with Crippen LogP contribution in [-0.4, -0.2) is 31.9 Å². The van der Waals surface area contributed by atoms with Crippen LogP contribution >= 0.6 is 11.9 Å². The molecule has 2 rings (SSSR count). The molecule has 1 amide bonds. The summed E-state index contributed by atoms with van der Waals surface area (Å²) < 4.78 is 18.8. The van der Waals surface area contributed by atoms with Crippen LogP contribution in [-0.2, 0) is 20.9 Å². The minimum atomic E-state index is -0.0443. The van der Waals surface area contributed by atoms with Crippen LogP contribution in [0.25, 0.3) is 0 Å². The van der Waals surface area contributed by atoms with E-state index in [1.54, 1.807) is 13.2 Å². The van der Waals surface area contributed by atoms with Crippen molar-refractivity contribution >= 4 is 24.1 Å². The number of hydrogen-bond donors (Lipinski definition) is 1. The van der Waals surface area contributed by atoms with Gasteiger partial charge in [0.05, 0.1) is 25.2 Å². The number of hydrogen-bond acceptors (Lipinski definition) is 6. The zero-order valence-corrected chi connectivity index (χ0v) is 30.4. The maximum atomic E-state index is 11.3. The SMILES string of the molecule is C/C=C\C(C)N=CCOc1cccc(CO/C(C)=C/CC)c1.C/C=C\C/C=C\C.CC.CO/C=C/CC(=O)NSc1ccccc1. The second-order valence-corrected chi connectivity index (χ2v) is 10.1. The second-order valence-electron chi connectivity index (χ2n) is 9.19. The Kier molecular flexibility index (Phi) is 32.6. The third-order valence-corrected chi connectivity index (χ3v) is 6.14. The highest BCUT2D eigenvalue weighted by molar-refractivity contribution is 7.98. The molecule has 0 aliphatic carbocycles. The Morgan fingerprint density at radius 1 is 0.978 bits per heavy atom. The Morgan fingerprint density at radius 2 is 1.67 bits per heavy atom. The lowest BCUT2D eigenvalue weighted by Gasteiger charge is -2.08. The summed E-state index contributed by atoms with van der Waals surface area (Å²) in [5.74, 6) is 1.75. The van der Waals surface area contributed by atoms with Crippen LogP contribution in [0.5, 0.6) is 5.75 Å². The minimum absolute atomic E-state index is 0.0443. The maximum Gasteiger partial charge on any atom is 0.234 e. The molecule has 2 aromatic carbocycles. The van der Waals surface area contributed by atoms with Crippen molar-refractivity contribution in [3.05, 3.63) is 121 Å². The van der Waals surface area contributed by atoms with Gasteiger partial charge < -0.3 is 14.2 Å². The predicted octanol–water partition coefficient (Wildman–Crippen LogP) is 10.8. The van der Waals surface area contributed by atoms with E-state index in [-0.39, 0.29) is 11.9 Å². The molecule has 7 heteroatoms. The highest BCUT2D eigenvalue weighted by Crippen LogP contribution is 2.15. The van der Waals surface area contributed by atoms with Crippen molar-refractivity contribution in [1.82, 2.24) is 4.72 Å². The number of carbonyl (C=O) groups is 1. The summed E-state index contributed by atoms with van der Waals surface area (Å²) in [6.07, 6.45) is 21.8. The van der Waals surface area contributed by atoms with Gasteiger partial charge in [-0.15, -0.1) is 0 Å². The van der Waals surface area contributed by atoms with Gasteiger partial charge in [-0.05, 0) is 101 Å². The number of ether oxygens (including phenoxy) is 3. The highest BCUT2D eigenvalue weighted by Gasteiger charge is 1.99. The average molecular weight is 651 g/mol. The van der Waals surface area contributed by atoms with Crippen molar-refractivity contribution in [2.45, 2.75) is 92.2 Å². The third kappa shape index (κ3) is 28.8. The summed E-state index contributed by atoms with van der Waals surface area (Å²) in [5, 5.41) is 0. The molecule has 1 unspecified atom stereocenters. The predicted molar refractivity (Wildman–Crippen MR) is 200 cm³/mol. The largest absolute Gasteiger partial charge is 0.505 e. The number of nitrogens with one attached hydrogen (secondary N) is 1. The molecule has 0 bridgehead atoms. The van der Waals surface area contributed by atoms with Gasteiger partial charge in [-0.2, -0.15) is 0 Å². The highest BCUT2D eigenvalue weighted by atomic mass is 32.2.